The zero-order valence-electron chi connectivity index (χ0n) is 11.2. The van der Waals surface area contributed by atoms with Crippen molar-refractivity contribution in [2.75, 3.05) is 5.32 Å². The fourth-order valence-electron chi connectivity index (χ4n) is 1.73. The number of amides is 1. The largest absolute Gasteiger partial charge is 0.322 e. The van der Waals surface area contributed by atoms with E-state index in [9.17, 15) is 13.6 Å². The summed E-state index contributed by atoms with van der Waals surface area (Å²) in [6.45, 7) is 1.70. The first-order valence-electron chi connectivity index (χ1n) is 6.16. The van der Waals surface area contributed by atoms with Crippen molar-refractivity contribution in [1.29, 1.82) is 0 Å². The fraction of sp³-hybridized carbons (Fsp3) is 0.0625. The maximum Gasteiger partial charge on any atom is 0.248 e. The molecule has 2 aromatic rings. The van der Waals surface area contributed by atoms with Crippen LogP contribution in [-0.2, 0) is 4.79 Å². The minimum absolute atomic E-state index is 0.00747. The van der Waals surface area contributed by atoms with Gasteiger partial charge >= 0.3 is 0 Å². The number of benzene rings is 2. The first-order chi connectivity index (χ1) is 9.95. The van der Waals surface area contributed by atoms with E-state index in [0.717, 1.165) is 0 Å². The van der Waals surface area contributed by atoms with Crippen LogP contribution in [0.3, 0.4) is 0 Å². The minimum atomic E-state index is -0.514. The standard InChI is InChI=1S/C16H12ClF2NO/c1-10-8-12(18)4-6-15(10)20-16(21)7-3-11-2-5-14(19)13(17)9-11/h2-9H,1H3,(H,20,21)/b7-3+. The van der Waals surface area contributed by atoms with Crippen LogP contribution in [0.25, 0.3) is 6.08 Å². The van der Waals surface area contributed by atoms with Gasteiger partial charge in [0, 0.05) is 11.8 Å². The summed E-state index contributed by atoms with van der Waals surface area (Å²) < 4.78 is 26.0. The maximum atomic E-state index is 13.0. The van der Waals surface area contributed by atoms with Crippen molar-refractivity contribution >= 4 is 29.3 Å². The number of anilines is 1. The van der Waals surface area contributed by atoms with Crippen molar-refractivity contribution < 1.29 is 13.6 Å². The quantitative estimate of drug-likeness (QED) is 0.826. The Morgan fingerprint density at radius 3 is 2.62 bits per heavy atom. The average molecular weight is 308 g/mol. The van der Waals surface area contributed by atoms with Gasteiger partial charge in [0.1, 0.15) is 11.6 Å². The Morgan fingerprint density at radius 2 is 1.95 bits per heavy atom. The zero-order valence-corrected chi connectivity index (χ0v) is 11.9. The molecule has 0 spiro atoms. The van der Waals surface area contributed by atoms with Crippen LogP contribution in [0.5, 0.6) is 0 Å². The normalized spacial score (nSPS) is 10.9. The van der Waals surface area contributed by atoms with Crippen LogP contribution in [-0.4, -0.2) is 5.91 Å². The Labute approximate surface area is 126 Å². The van der Waals surface area contributed by atoms with E-state index in [1.54, 1.807) is 6.92 Å². The summed E-state index contributed by atoms with van der Waals surface area (Å²) in [5, 5.41) is 2.63. The number of nitrogens with one attached hydrogen (secondary N) is 1. The lowest BCUT2D eigenvalue weighted by Gasteiger charge is -2.06. The first-order valence-corrected chi connectivity index (χ1v) is 6.54. The predicted octanol–water partition coefficient (Wildman–Crippen LogP) is 4.58. The van der Waals surface area contributed by atoms with Gasteiger partial charge in [-0.1, -0.05) is 17.7 Å². The number of rotatable bonds is 3. The second-order valence-electron chi connectivity index (χ2n) is 4.46. The fourth-order valence-corrected chi connectivity index (χ4v) is 1.92. The highest BCUT2D eigenvalue weighted by molar-refractivity contribution is 6.30. The molecule has 0 fully saturated rings. The molecule has 0 saturated heterocycles. The van der Waals surface area contributed by atoms with Crippen molar-refractivity contribution in [2.24, 2.45) is 0 Å². The molecule has 0 saturated carbocycles. The molecule has 1 amide bonds. The lowest BCUT2D eigenvalue weighted by atomic mass is 10.2. The molecule has 2 rings (SSSR count). The molecular weight excluding hydrogens is 296 g/mol. The van der Waals surface area contributed by atoms with Crippen molar-refractivity contribution in [3.8, 4) is 0 Å². The summed E-state index contributed by atoms with van der Waals surface area (Å²) in [6, 6.07) is 8.25. The van der Waals surface area contributed by atoms with E-state index < -0.39 is 5.82 Å². The molecule has 1 N–H and O–H groups in total. The van der Waals surface area contributed by atoms with Crippen LogP contribution in [0.4, 0.5) is 14.5 Å². The van der Waals surface area contributed by atoms with E-state index in [0.29, 0.717) is 16.8 Å². The van der Waals surface area contributed by atoms with E-state index in [1.807, 2.05) is 0 Å². The number of halogens is 3. The SMILES string of the molecule is Cc1cc(F)ccc1NC(=O)/C=C/c1ccc(F)c(Cl)c1. The Balaban J connectivity index is 2.07. The van der Waals surface area contributed by atoms with Crippen molar-refractivity contribution in [1.82, 2.24) is 0 Å². The Bertz CT molecular complexity index is 713. The van der Waals surface area contributed by atoms with Crippen LogP contribution in [0.15, 0.2) is 42.5 Å². The van der Waals surface area contributed by atoms with Gasteiger partial charge in [-0.05, 0) is 54.5 Å². The Kier molecular flexibility index (Phi) is 4.70. The van der Waals surface area contributed by atoms with Crippen molar-refractivity contribution in [3.63, 3.8) is 0 Å². The van der Waals surface area contributed by atoms with Gasteiger partial charge < -0.3 is 5.32 Å². The summed E-state index contributed by atoms with van der Waals surface area (Å²) in [5.41, 5.74) is 1.76. The summed E-state index contributed by atoms with van der Waals surface area (Å²) in [5.74, 6) is -1.24. The molecule has 5 heteroatoms. The molecule has 0 aliphatic carbocycles. The molecule has 0 aromatic heterocycles. The Morgan fingerprint density at radius 1 is 1.19 bits per heavy atom. The van der Waals surface area contributed by atoms with E-state index in [1.165, 1.54) is 48.6 Å². The summed E-state index contributed by atoms with van der Waals surface area (Å²) >= 11 is 5.65. The predicted molar refractivity (Wildman–Crippen MR) is 80.2 cm³/mol. The molecule has 21 heavy (non-hydrogen) atoms. The highest BCUT2D eigenvalue weighted by Gasteiger charge is 2.03. The average Bonchev–Trinajstić information content (AvgIpc) is 2.43. The lowest BCUT2D eigenvalue weighted by Crippen LogP contribution is -2.09. The second-order valence-corrected chi connectivity index (χ2v) is 4.86. The number of hydrogen-bond donors (Lipinski definition) is 1. The molecule has 2 aromatic carbocycles. The van der Waals surface area contributed by atoms with Crippen molar-refractivity contribution in [2.45, 2.75) is 6.92 Å². The molecule has 0 bridgehead atoms. The second kappa shape index (κ2) is 6.50. The van der Waals surface area contributed by atoms with Crippen LogP contribution in [0.1, 0.15) is 11.1 Å². The van der Waals surface area contributed by atoms with Gasteiger partial charge in [-0.3, -0.25) is 4.79 Å². The van der Waals surface area contributed by atoms with Gasteiger partial charge in [0.2, 0.25) is 5.91 Å². The van der Waals surface area contributed by atoms with Gasteiger partial charge in [-0.15, -0.1) is 0 Å². The highest BCUT2D eigenvalue weighted by Crippen LogP contribution is 2.18. The van der Waals surface area contributed by atoms with Crippen LogP contribution < -0.4 is 5.32 Å². The van der Waals surface area contributed by atoms with Gasteiger partial charge in [0.15, 0.2) is 0 Å². The molecule has 108 valence electrons. The maximum absolute atomic E-state index is 13.0. The number of aryl methyl sites for hydroxylation is 1. The van der Waals surface area contributed by atoms with E-state index >= 15 is 0 Å². The van der Waals surface area contributed by atoms with Gasteiger partial charge in [0.25, 0.3) is 0 Å². The number of carbonyl (C=O) groups is 1. The third-order valence-corrected chi connectivity index (χ3v) is 3.11. The first kappa shape index (κ1) is 15.2. The summed E-state index contributed by atoms with van der Waals surface area (Å²) in [7, 11) is 0. The molecule has 0 radical (unpaired) electrons. The molecule has 0 aliphatic rings. The van der Waals surface area contributed by atoms with Crippen LogP contribution in [0, 0.1) is 18.6 Å². The minimum Gasteiger partial charge on any atom is -0.322 e. The lowest BCUT2D eigenvalue weighted by molar-refractivity contribution is -0.111. The summed E-state index contributed by atoms with van der Waals surface area (Å²) in [4.78, 5) is 11.8. The van der Waals surface area contributed by atoms with Crippen LogP contribution in [0.2, 0.25) is 5.02 Å². The Hall–Kier alpha value is -2.20. The molecule has 0 aliphatic heterocycles. The van der Waals surface area contributed by atoms with Gasteiger partial charge in [-0.2, -0.15) is 0 Å². The van der Waals surface area contributed by atoms with E-state index in [4.69, 9.17) is 11.6 Å². The van der Waals surface area contributed by atoms with Gasteiger partial charge in [-0.25, -0.2) is 8.78 Å². The van der Waals surface area contributed by atoms with Crippen LogP contribution >= 0.6 is 11.6 Å². The molecule has 0 heterocycles. The van der Waals surface area contributed by atoms with Crippen molar-refractivity contribution in [3.05, 3.63) is 70.3 Å². The van der Waals surface area contributed by atoms with E-state index in [2.05, 4.69) is 5.32 Å². The molecular formula is C16H12ClF2NO. The van der Waals surface area contributed by atoms with Gasteiger partial charge in [0.05, 0.1) is 5.02 Å². The summed E-state index contributed by atoms with van der Waals surface area (Å²) in [6.07, 6.45) is 2.81. The molecule has 0 unspecified atom stereocenters. The highest BCUT2D eigenvalue weighted by atomic mass is 35.5. The number of hydrogen-bond acceptors (Lipinski definition) is 1. The smallest absolute Gasteiger partial charge is 0.248 e. The van der Waals surface area contributed by atoms with E-state index in [-0.39, 0.29) is 16.7 Å². The zero-order chi connectivity index (χ0) is 15.4. The monoisotopic (exact) mass is 307 g/mol. The third-order valence-electron chi connectivity index (χ3n) is 2.82. The molecule has 0 atom stereocenters. The topological polar surface area (TPSA) is 29.1 Å². The molecule has 2 nitrogen and oxygen atoms in total. The third kappa shape index (κ3) is 4.13. The number of carbonyl (C=O) groups excluding carboxylic acids is 1.